The maximum atomic E-state index is 13.2. The molecule has 0 aromatic heterocycles. The number of ether oxygens (including phenoxy) is 1. The third-order valence-electron chi connectivity index (χ3n) is 12.5. The second-order valence-corrected chi connectivity index (χ2v) is 18.6. The van der Waals surface area contributed by atoms with E-state index in [9.17, 15) is 19.8 Å². The lowest BCUT2D eigenvalue weighted by Crippen LogP contribution is -2.46. The molecule has 0 bridgehead atoms. The lowest BCUT2D eigenvalue weighted by molar-refractivity contribution is -0.151. The zero-order valence-electron chi connectivity index (χ0n) is 41.5. The molecule has 6 nitrogen and oxygen atoms in total. The molecule has 0 saturated carbocycles. The fourth-order valence-corrected chi connectivity index (χ4v) is 8.39. The average Bonchev–Trinajstić information content (AvgIpc) is 3.26. The molecule has 0 radical (unpaired) electrons. The molecule has 3 atom stereocenters. The van der Waals surface area contributed by atoms with Crippen LogP contribution in [-0.2, 0) is 14.3 Å². The van der Waals surface area contributed by atoms with Crippen molar-refractivity contribution in [3.8, 4) is 0 Å². The van der Waals surface area contributed by atoms with Crippen molar-refractivity contribution in [2.24, 2.45) is 0 Å². The van der Waals surface area contributed by atoms with Crippen molar-refractivity contribution in [3.63, 3.8) is 0 Å². The smallest absolute Gasteiger partial charge is 0.306 e. The van der Waals surface area contributed by atoms with Gasteiger partial charge in [0.05, 0.1) is 25.2 Å². The van der Waals surface area contributed by atoms with Crippen LogP contribution in [0.25, 0.3) is 0 Å². The molecule has 0 spiro atoms. The maximum Gasteiger partial charge on any atom is 0.306 e. The first-order valence-corrected chi connectivity index (χ1v) is 27.2. The van der Waals surface area contributed by atoms with Crippen LogP contribution in [0.5, 0.6) is 0 Å². The number of amides is 1. The first kappa shape index (κ1) is 60.1. The number of aliphatic hydroxyl groups is 2. The van der Waals surface area contributed by atoms with E-state index >= 15 is 0 Å². The van der Waals surface area contributed by atoms with E-state index in [0.717, 1.165) is 89.9 Å². The second kappa shape index (κ2) is 50.1. The molecule has 6 heteroatoms. The predicted molar refractivity (Wildman–Crippen MR) is 269 cm³/mol. The SMILES string of the molecule is CC/C=C/C/C=C/C/C=C/CCCCCCC(CC(=O)NC(CO)C(O)CCCCCCCCCCCCCC)OC(=O)CCCCCCCCCCCCCCCCCCC. The molecular weight excluding hydrogens is 767 g/mol. The Morgan fingerprint density at radius 1 is 0.484 bits per heavy atom. The fourth-order valence-electron chi connectivity index (χ4n) is 8.39. The monoisotopic (exact) mass is 872 g/mol. The quantitative estimate of drug-likeness (QED) is 0.0321. The fraction of sp³-hybridized carbons (Fsp3) is 0.857. The Labute approximate surface area is 385 Å². The highest BCUT2D eigenvalue weighted by Gasteiger charge is 2.24. The van der Waals surface area contributed by atoms with Crippen LogP contribution in [0.1, 0.15) is 284 Å². The molecule has 0 fully saturated rings. The van der Waals surface area contributed by atoms with Gasteiger partial charge in [0.15, 0.2) is 0 Å². The van der Waals surface area contributed by atoms with Crippen LogP contribution in [0.15, 0.2) is 36.5 Å². The van der Waals surface area contributed by atoms with Crippen molar-refractivity contribution in [1.29, 1.82) is 0 Å². The molecule has 364 valence electrons. The van der Waals surface area contributed by atoms with E-state index in [1.807, 2.05) is 0 Å². The summed E-state index contributed by atoms with van der Waals surface area (Å²) in [7, 11) is 0. The standard InChI is InChI=1S/C56H105NO5/c1-4-7-10-13-16-19-22-25-27-28-29-31-34-37-40-43-46-49-56(61)62-52(47-44-41-38-35-32-30-26-23-20-17-14-11-8-5-2)50-55(60)57-53(51-58)54(59)48-45-42-39-36-33-24-21-18-15-12-9-6-3/h8,11,17,20,26,30,52-54,58-59H,4-7,9-10,12-16,18-19,21-25,27-29,31-51H2,1-3H3,(H,57,60)/b11-8+,20-17+,30-26+. The summed E-state index contributed by atoms with van der Waals surface area (Å²) in [5.74, 6) is -0.482. The largest absolute Gasteiger partial charge is 0.462 e. The molecule has 0 heterocycles. The number of carbonyl (C=O) groups is 2. The molecule has 0 rings (SSSR count). The van der Waals surface area contributed by atoms with E-state index in [2.05, 4.69) is 62.5 Å². The van der Waals surface area contributed by atoms with Crippen molar-refractivity contribution >= 4 is 11.9 Å². The molecular formula is C56H105NO5. The highest BCUT2D eigenvalue weighted by atomic mass is 16.5. The topological polar surface area (TPSA) is 95.9 Å². The van der Waals surface area contributed by atoms with E-state index in [1.54, 1.807) is 0 Å². The summed E-state index contributed by atoms with van der Waals surface area (Å²) in [6.45, 7) is 6.39. The van der Waals surface area contributed by atoms with Crippen molar-refractivity contribution in [2.45, 2.75) is 302 Å². The minimum atomic E-state index is -0.791. The first-order chi connectivity index (χ1) is 30.5. The lowest BCUT2D eigenvalue weighted by Gasteiger charge is -2.24. The van der Waals surface area contributed by atoms with Gasteiger partial charge in [0.2, 0.25) is 5.91 Å². The third-order valence-corrected chi connectivity index (χ3v) is 12.5. The van der Waals surface area contributed by atoms with Gasteiger partial charge in [-0.1, -0.05) is 250 Å². The number of aliphatic hydroxyl groups excluding tert-OH is 2. The average molecular weight is 872 g/mol. The van der Waals surface area contributed by atoms with Crippen LogP contribution in [0.3, 0.4) is 0 Å². The summed E-state index contributed by atoms with van der Waals surface area (Å²) >= 11 is 0. The number of hydrogen-bond donors (Lipinski definition) is 3. The Morgan fingerprint density at radius 2 is 0.871 bits per heavy atom. The van der Waals surface area contributed by atoms with E-state index in [1.165, 1.54) is 148 Å². The second-order valence-electron chi connectivity index (χ2n) is 18.6. The van der Waals surface area contributed by atoms with Crippen molar-refractivity contribution < 1.29 is 24.5 Å². The summed E-state index contributed by atoms with van der Waals surface area (Å²) in [6.07, 6.45) is 59.2. The number of esters is 1. The zero-order valence-corrected chi connectivity index (χ0v) is 41.5. The van der Waals surface area contributed by atoms with Crippen LogP contribution >= 0.6 is 0 Å². The number of nitrogens with one attached hydrogen (secondary N) is 1. The Kier molecular flexibility index (Phi) is 48.5. The van der Waals surface area contributed by atoms with Crippen LogP contribution in [0.2, 0.25) is 0 Å². The maximum absolute atomic E-state index is 13.2. The van der Waals surface area contributed by atoms with Gasteiger partial charge >= 0.3 is 5.97 Å². The van der Waals surface area contributed by atoms with E-state index < -0.39 is 18.2 Å². The van der Waals surface area contributed by atoms with Gasteiger partial charge in [0, 0.05) is 6.42 Å². The van der Waals surface area contributed by atoms with Gasteiger partial charge in [-0.05, 0) is 57.8 Å². The van der Waals surface area contributed by atoms with Crippen LogP contribution in [0, 0.1) is 0 Å². The Balaban J connectivity index is 4.55. The van der Waals surface area contributed by atoms with Crippen LogP contribution in [0.4, 0.5) is 0 Å². The van der Waals surface area contributed by atoms with Gasteiger partial charge in [-0.2, -0.15) is 0 Å². The number of allylic oxidation sites excluding steroid dienone is 6. The molecule has 62 heavy (non-hydrogen) atoms. The molecule has 3 N–H and O–H groups in total. The summed E-state index contributed by atoms with van der Waals surface area (Å²) in [5, 5.41) is 23.8. The summed E-state index contributed by atoms with van der Waals surface area (Å²) in [6, 6.07) is -0.706. The molecule has 1 amide bonds. The zero-order chi connectivity index (χ0) is 45.2. The number of unbranched alkanes of at least 4 members (excludes halogenated alkanes) is 31. The Morgan fingerprint density at radius 3 is 1.32 bits per heavy atom. The Bertz CT molecular complexity index is 1020. The van der Waals surface area contributed by atoms with Crippen LogP contribution in [-0.4, -0.2) is 46.9 Å². The van der Waals surface area contributed by atoms with Crippen molar-refractivity contribution in [2.75, 3.05) is 6.61 Å². The van der Waals surface area contributed by atoms with Crippen molar-refractivity contribution in [3.05, 3.63) is 36.5 Å². The molecule has 3 unspecified atom stereocenters. The summed E-state index contributed by atoms with van der Waals surface area (Å²) in [4.78, 5) is 26.2. The molecule has 0 aliphatic heterocycles. The molecule has 0 aromatic rings. The highest BCUT2D eigenvalue weighted by molar-refractivity contribution is 5.77. The van der Waals surface area contributed by atoms with Crippen LogP contribution < -0.4 is 5.32 Å². The van der Waals surface area contributed by atoms with Gasteiger partial charge in [-0.15, -0.1) is 0 Å². The van der Waals surface area contributed by atoms with Crippen molar-refractivity contribution in [1.82, 2.24) is 5.32 Å². The third kappa shape index (κ3) is 44.7. The molecule has 0 aliphatic rings. The number of hydrogen-bond acceptors (Lipinski definition) is 5. The predicted octanol–water partition coefficient (Wildman–Crippen LogP) is 16.5. The van der Waals surface area contributed by atoms with Gasteiger partial charge in [-0.3, -0.25) is 9.59 Å². The molecule has 0 saturated heterocycles. The minimum Gasteiger partial charge on any atom is -0.462 e. The Hall–Kier alpha value is -1.92. The van der Waals surface area contributed by atoms with E-state index in [0.29, 0.717) is 19.3 Å². The van der Waals surface area contributed by atoms with E-state index in [4.69, 9.17) is 4.74 Å². The molecule has 0 aliphatic carbocycles. The molecule has 0 aromatic carbocycles. The summed E-state index contributed by atoms with van der Waals surface area (Å²) < 4.78 is 5.94. The lowest BCUT2D eigenvalue weighted by atomic mass is 10.0. The van der Waals surface area contributed by atoms with Gasteiger partial charge in [-0.25, -0.2) is 0 Å². The van der Waals surface area contributed by atoms with Gasteiger partial charge in [0.25, 0.3) is 0 Å². The number of carbonyl (C=O) groups excluding carboxylic acids is 2. The highest BCUT2D eigenvalue weighted by Crippen LogP contribution is 2.18. The van der Waals surface area contributed by atoms with E-state index in [-0.39, 0.29) is 24.9 Å². The summed E-state index contributed by atoms with van der Waals surface area (Å²) in [5.41, 5.74) is 0. The normalized spacial score (nSPS) is 13.4. The minimum absolute atomic E-state index is 0.0666. The van der Waals surface area contributed by atoms with Gasteiger partial charge < -0.3 is 20.3 Å². The number of rotatable bonds is 49. The first-order valence-electron chi connectivity index (χ1n) is 27.2. The van der Waals surface area contributed by atoms with Gasteiger partial charge in [0.1, 0.15) is 6.10 Å².